The van der Waals surface area contributed by atoms with E-state index in [1.165, 1.54) is 31.3 Å². The zero-order valence-corrected chi connectivity index (χ0v) is 10.1. The molecule has 0 heterocycles. The topological polar surface area (TPSA) is 20.2 Å². The van der Waals surface area contributed by atoms with Gasteiger partial charge in [0.15, 0.2) is 0 Å². The summed E-state index contributed by atoms with van der Waals surface area (Å²) >= 11 is 0. The van der Waals surface area contributed by atoms with Crippen LogP contribution in [-0.4, -0.2) is 11.2 Å². The molecule has 2 fully saturated rings. The van der Waals surface area contributed by atoms with Crippen molar-refractivity contribution in [3.05, 3.63) is 11.6 Å². The third-order valence-electron chi connectivity index (χ3n) is 6.06. The van der Waals surface area contributed by atoms with Crippen LogP contribution in [0.3, 0.4) is 0 Å². The molecule has 15 heavy (non-hydrogen) atoms. The number of hydrogen-bond acceptors (Lipinski definition) is 1. The average molecular weight is 206 g/mol. The zero-order valence-electron chi connectivity index (χ0n) is 10.1. The molecule has 1 nitrogen and oxygen atoms in total. The van der Waals surface area contributed by atoms with Crippen LogP contribution in [0.2, 0.25) is 0 Å². The lowest BCUT2D eigenvalue weighted by atomic mass is 9.59. The van der Waals surface area contributed by atoms with Gasteiger partial charge in [-0.3, -0.25) is 0 Å². The quantitative estimate of drug-likeness (QED) is 0.603. The van der Waals surface area contributed by atoms with E-state index in [4.69, 9.17) is 0 Å². The van der Waals surface area contributed by atoms with E-state index in [-0.39, 0.29) is 11.5 Å². The van der Waals surface area contributed by atoms with Crippen molar-refractivity contribution in [1.29, 1.82) is 0 Å². The molecule has 0 aromatic heterocycles. The Bertz CT molecular complexity index is 341. The number of allylic oxidation sites excluding steroid dienone is 1. The second-order valence-electron chi connectivity index (χ2n) is 6.60. The standard InChI is InChI=1S/C14H22O/c1-10-5-8-13-6-4-7-14(10,13)11(15)9-12(13,2)3/h5,11,15H,4,6-9H2,1-3H3/t11-,13?,14?/m0/s1. The zero-order chi connectivity index (χ0) is 10.9. The second kappa shape index (κ2) is 2.51. The van der Waals surface area contributed by atoms with E-state index in [1.807, 2.05) is 0 Å². The fraction of sp³-hybridized carbons (Fsp3) is 0.857. The molecular formula is C14H22O. The molecule has 1 heteroatoms. The lowest BCUT2D eigenvalue weighted by molar-refractivity contribution is 0.0160. The predicted molar refractivity (Wildman–Crippen MR) is 61.5 cm³/mol. The molecule has 0 saturated heterocycles. The van der Waals surface area contributed by atoms with Gasteiger partial charge in [0.25, 0.3) is 0 Å². The summed E-state index contributed by atoms with van der Waals surface area (Å²) in [6.07, 6.45) is 8.38. The van der Waals surface area contributed by atoms with E-state index < -0.39 is 0 Å². The van der Waals surface area contributed by atoms with Gasteiger partial charge in [0, 0.05) is 5.41 Å². The van der Waals surface area contributed by atoms with Crippen molar-refractivity contribution < 1.29 is 5.11 Å². The van der Waals surface area contributed by atoms with Crippen LogP contribution in [0.15, 0.2) is 11.6 Å². The van der Waals surface area contributed by atoms with Crippen LogP contribution in [0.1, 0.15) is 52.9 Å². The van der Waals surface area contributed by atoms with Crippen LogP contribution in [-0.2, 0) is 0 Å². The van der Waals surface area contributed by atoms with Crippen molar-refractivity contribution in [3.63, 3.8) is 0 Å². The highest BCUT2D eigenvalue weighted by atomic mass is 16.3. The Morgan fingerprint density at radius 3 is 2.73 bits per heavy atom. The van der Waals surface area contributed by atoms with E-state index >= 15 is 0 Å². The van der Waals surface area contributed by atoms with Gasteiger partial charge in [0.2, 0.25) is 0 Å². The summed E-state index contributed by atoms with van der Waals surface area (Å²) in [5, 5.41) is 10.5. The van der Waals surface area contributed by atoms with Crippen molar-refractivity contribution in [2.24, 2.45) is 16.2 Å². The van der Waals surface area contributed by atoms with Crippen molar-refractivity contribution in [3.8, 4) is 0 Å². The molecular weight excluding hydrogens is 184 g/mol. The van der Waals surface area contributed by atoms with Gasteiger partial charge < -0.3 is 5.11 Å². The van der Waals surface area contributed by atoms with Crippen molar-refractivity contribution in [1.82, 2.24) is 0 Å². The maximum atomic E-state index is 10.5. The first-order valence-corrected chi connectivity index (χ1v) is 6.32. The molecule has 0 aromatic rings. The minimum atomic E-state index is -0.0891. The molecule has 0 spiro atoms. The molecule has 3 aliphatic carbocycles. The molecule has 3 aliphatic rings. The van der Waals surface area contributed by atoms with Gasteiger partial charge in [-0.2, -0.15) is 0 Å². The lowest BCUT2D eigenvalue weighted by Crippen LogP contribution is -2.41. The molecule has 84 valence electrons. The maximum Gasteiger partial charge on any atom is 0.0644 e. The third-order valence-corrected chi connectivity index (χ3v) is 6.06. The monoisotopic (exact) mass is 206 g/mol. The highest BCUT2D eigenvalue weighted by molar-refractivity contribution is 5.36. The summed E-state index contributed by atoms with van der Waals surface area (Å²) in [5.74, 6) is 0. The molecule has 2 unspecified atom stereocenters. The molecule has 0 amide bonds. The fourth-order valence-corrected chi connectivity index (χ4v) is 5.32. The highest BCUT2D eigenvalue weighted by Gasteiger charge is 2.71. The van der Waals surface area contributed by atoms with E-state index in [0.29, 0.717) is 10.8 Å². The van der Waals surface area contributed by atoms with E-state index in [0.717, 1.165) is 6.42 Å². The molecule has 3 rings (SSSR count). The molecule has 0 bridgehead atoms. The van der Waals surface area contributed by atoms with Gasteiger partial charge in [0.05, 0.1) is 6.10 Å². The first kappa shape index (κ1) is 9.89. The Morgan fingerprint density at radius 1 is 1.33 bits per heavy atom. The van der Waals surface area contributed by atoms with Crippen molar-refractivity contribution >= 4 is 0 Å². The summed E-state index contributed by atoms with van der Waals surface area (Å²) in [5.41, 5.74) is 2.36. The summed E-state index contributed by atoms with van der Waals surface area (Å²) in [7, 11) is 0. The van der Waals surface area contributed by atoms with Crippen molar-refractivity contribution in [2.75, 3.05) is 0 Å². The van der Waals surface area contributed by atoms with Gasteiger partial charge >= 0.3 is 0 Å². The maximum absolute atomic E-state index is 10.5. The number of rotatable bonds is 0. The Morgan fingerprint density at radius 2 is 2.07 bits per heavy atom. The minimum Gasteiger partial charge on any atom is -0.392 e. The van der Waals surface area contributed by atoms with Crippen LogP contribution < -0.4 is 0 Å². The summed E-state index contributed by atoms with van der Waals surface area (Å²) in [6, 6.07) is 0. The van der Waals surface area contributed by atoms with Gasteiger partial charge in [-0.05, 0) is 43.4 Å². The van der Waals surface area contributed by atoms with Crippen LogP contribution >= 0.6 is 0 Å². The largest absolute Gasteiger partial charge is 0.392 e. The van der Waals surface area contributed by atoms with Crippen LogP contribution in [0.4, 0.5) is 0 Å². The van der Waals surface area contributed by atoms with Crippen LogP contribution in [0, 0.1) is 16.2 Å². The van der Waals surface area contributed by atoms with Crippen molar-refractivity contribution in [2.45, 2.75) is 59.0 Å². The van der Waals surface area contributed by atoms with Gasteiger partial charge in [-0.15, -0.1) is 0 Å². The van der Waals surface area contributed by atoms with Crippen LogP contribution in [0.5, 0.6) is 0 Å². The molecule has 0 aromatic carbocycles. The summed E-state index contributed by atoms with van der Waals surface area (Å²) < 4.78 is 0. The highest BCUT2D eigenvalue weighted by Crippen LogP contribution is 2.76. The molecule has 3 atom stereocenters. The summed E-state index contributed by atoms with van der Waals surface area (Å²) in [6.45, 7) is 6.99. The fourth-order valence-electron chi connectivity index (χ4n) is 5.32. The predicted octanol–water partition coefficient (Wildman–Crippen LogP) is 3.28. The third kappa shape index (κ3) is 0.791. The average Bonchev–Trinajstić information content (AvgIpc) is 2.68. The number of hydrogen-bond donors (Lipinski definition) is 1. The Labute approximate surface area is 92.6 Å². The molecule has 1 N–H and O–H groups in total. The smallest absolute Gasteiger partial charge is 0.0644 e. The number of aliphatic hydroxyl groups excluding tert-OH is 1. The second-order valence-corrected chi connectivity index (χ2v) is 6.60. The normalized spacial score (nSPS) is 51.5. The SMILES string of the molecule is CC1=CCC23CCCC12[C@@H](O)CC3(C)C. The minimum absolute atomic E-state index is 0.0891. The lowest BCUT2D eigenvalue weighted by Gasteiger charge is -2.45. The van der Waals surface area contributed by atoms with Gasteiger partial charge in [-0.25, -0.2) is 0 Å². The van der Waals surface area contributed by atoms with Crippen LogP contribution in [0.25, 0.3) is 0 Å². The van der Waals surface area contributed by atoms with Gasteiger partial charge in [-0.1, -0.05) is 31.9 Å². The van der Waals surface area contributed by atoms with E-state index in [9.17, 15) is 5.11 Å². The number of aliphatic hydroxyl groups is 1. The summed E-state index contributed by atoms with van der Waals surface area (Å²) in [4.78, 5) is 0. The van der Waals surface area contributed by atoms with E-state index in [2.05, 4.69) is 26.8 Å². The Kier molecular flexibility index (Phi) is 1.65. The molecule has 0 radical (unpaired) electrons. The Hall–Kier alpha value is -0.300. The first-order valence-electron chi connectivity index (χ1n) is 6.32. The molecule has 2 saturated carbocycles. The van der Waals surface area contributed by atoms with E-state index in [1.54, 1.807) is 0 Å². The molecule has 0 aliphatic heterocycles. The Balaban J connectivity index is 2.21. The first-order chi connectivity index (χ1) is 6.96. The van der Waals surface area contributed by atoms with Gasteiger partial charge in [0.1, 0.15) is 0 Å².